The van der Waals surface area contributed by atoms with Gasteiger partial charge in [-0.2, -0.15) is 0 Å². The fourth-order valence-electron chi connectivity index (χ4n) is 4.76. The highest BCUT2D eigenvalue weighted by Crippen LogP contribution is 2.50. The second-order valence-electron chi connectivity index (χ2n) is 9.39. The molecule has 2 aromatic carbocycles. The first kappa shape index (κ1) is 24.6. The predicted octanol–water partition coefficient (Wildman–Crippen LogP) is 1.90. The fraction of sp³-hybridized carbons (Fsp3) is 0.269. The molecule has 0 bridgehead atoms. The van der Waals surface area contributed by atoms with E-state index in [1.165, 1.54) is 22.7 Å². The van der Waals surface area contributed by atoms with Gasteiger partial charge in [-0.25, -0.2) is 9.59 Å². The van der Waals surface area contributed by atoms with E-state index >= 15 is 0 Å². The van der Waals surface area contributed by atoms with Crippen LogP contribution >= 0.6 is 11.8 Å². The molecule has 1 aromatic heterocycles. The van der Waals surface area contributed by atoms with Gasteiger partial charge in [-0.1, -0.05) is 48.5 Å². The number of fused-ring (bicyclic) bond motifs is 2. The molecule has 2 saturated heterocycles. The van der Waals surface area contributed by atoms with Gasteiger partial charge in [0.15, 0.2) is 0 Å². The summed E-state index contributed by atoms with van der Waals surface area (Å²) in [5, 5.41) is 14.9. The fourth-order valence-corrected chi connectivity index (χ4v) is 6.38. The number of nitrogens with one attached hydrogen (secondary N) is 2. The molecule has 3 amide bonds. The molecule has 37 heavy (non-hydrogen) atoms. The number of para-hydroxylation sites is 1. The second kappa shape index (κ2) is 9.07. The van der Waals surface area contributed by atoms with Gasteiger partial charge in [-0.05, 0) is 31.5 Å². The number of β-lactam (4-membered cyclic amide) rings is 1. The van der Waals surface area contributed by atoms with Gasteiger partial charge in [-0.3, -0.25) is 14.4 Å². The molecule has 0 radical (unpaired) electrons. The van der Waals surface area contributed by atoms with Crippen LogP contribution in [0.2, 0.25) is 0 Å². The topological polar surface area (TPSA) is 146 Å². The van der Waals surface area contributed by atoms with Crippen LogP contribution in [0.25, 0.3) is 11.0 Å². The van der Waals surface area contributed by atoms with E-state index in [1.807, 2.05) is 0 Å². The lowest BCUT2D eigenvalue weighted by molar-refractivity contribution is -0.161. The maximum absolute atomic E-state index is 13.4. The average Bonchev–Trinajstić information content (AvgIpc) is 3.13. The van der Waals surface area contributed by atoms with E-state index in [-0.39, 0.29) is 5.56 Å². The molecule has 0 saturated carbocycles. The third kappa shape index (κ3) is 4.25. The van der Waals surface area contributed by atoms with E-state index in [0.717, 1.165) is 0 Å². The van der Waals surface area contributed by atoms with Gasteiger partial charge >= 0.3 is 11.6 Å². The monoisotopic (exact) mass is 521 g/mol. The Labute approximate surface area is 215 Å². The van der Waals surface area contributed by atoms with Crippen LogP contribution in [-0.2, 0) is 14.4 Å². The molecule has 2 fully saturated rings. The lowest BCUT2D eigenvalue weighted by Crippen LogP contribution is -2.71. The number of aliphatic carboxylic acids is 1. The highest BCUT2D eigenvalue weighted by molar-refractivity contribution is 8.01. The first-order valence-corrected chi connectivity index (χ1v) is 12.4. The van der Waals surface area contributed by atoms with Crippen molar-refractivity contribution in [3.8, 4) is 0 Å². The third-order valence-corrected chi connectivity index (χ3v) is 8.10. The molecular formula is C26H23N3O7S. The van der Waals surface area contributed by atoms with Gasteiger partial charge in [0.1, 0.15) is 34.6 Å². The number of carboxylic acid groups (broad SMARTS) is 1. The largest absolute Gasteiger partial charge is 0.480 e. The Bertz CT molecular complexity index is 1490. The molecule has 2 aliphatic rings. The maximum atomic E-state index is 13.4. The van der Waals surface area contributed by atoms with E-state index in [0.29, 0.717) is 16.5 Å². The molecule has 2 aliphatic heterocycles. The number of thioether (sulfide) groups is 1. The summed E-state index contributed by atoms with van der Waals surface area (Å²) < 4.78 is 4.50. The normalized spacial score (nSPS) is 22.6. The molecule has 0 spiro atoms. The predicted molar refractivity (Wildman–Crippen MR) is 135 cm³/mol. The Morgan fingerprint density at radius 3 is 2.43 bits per heavy atom. The van der Waals surface area contributed by atoms with Crippen molar-refractivity contribution in [2.24, 2.45) is 0 Å². The minimum atomic E-state index is -1.23. The van der Waals surface area contributed by atoms with Crippen molar-refractivity contribution in [1.82, 2.24) is 15.5 Å². The molecule has 5 rings (SSSR count). The minimum absolute atomic E-state index is 0.268. The van der Waals surface area contributed by atoms with Crippen molar-refractivity contribution in [2.75, 3.05) is 0 Å². The summed E-state index contributed by atoms with van der Waals surface area (Å²) in [6.07, 6.45) is 0. The Morgan fingerprint density at radius 1 is 1.05 bits per heavy atom. The quantitative estimate of drug-likeness (QED) is 0.329. The van der Waals surface area contributed by atoms with Gasteiger partial charge in [0, 0.05) is 10.1 Å². The minimum Gasteiger partial charge on any atom is -0.480 e. The Hall–Kier alpha value is -4.12. The van der Waals surface area contributed by atoms with Crippen molar-refractivity contribution >= 4 is 46.4 Å². The second-order valence-corrected chi connectivity index (χ2v) is 11.2. The lowest BCUT2D eigenvalue weighted by atomic mass is 9.95. The number of carboxylic acids is 1. The number of hydrogen-bond acceptors (Lipinski definition) is 7. The van der Waals surface area contributed by atoms with E-state index in [9.17, 15) is 29.1 Å². The van der Waals surface area contributed by atoms with Gasteiger partial charge in [0.05, 0.1) is 0 Å². The van der Waals surface area contributed by atoms with Crippen LogP contribution in [0.5, 0.6) is 0 Å². The van der Waals surface area contributed by atoms with E-state index < -0.39 is 57.6 Å². The van der Waals surface area contributed by atoms with Gasteiger partial charge < -0.3 is 25.1 Å². The summed E-state index contributed by atoms with van der Waals surface area (Å²) >= 11 is 1.30. The molecule has 3 heterocycles. The molecule has 10 nitrogen and oxygen atoms in total. The van der Waals surface area contributed by atoms with Gasteiger partial charge in [-0.15, -0.1) is 11.8 Å². The number of nitrogens with zero attached hydrogens (tertiary/aromatic N) is 1. The zero-order valence-electron chi connectivity index (χ0n) is 19.8. The lowest BCUT2D eigenvalue weighted by Gasteiger charge is -2.44. The smallest absolute Gasteiger partial charge is 0.349 e. The highest BCUT2D eigenvalue weighted by Gasteiger charge is 2.64. The van der Waals surface area contributed by atoms with Crippen molar-refractivity contribution in [1.29, 1.82) is 0 Å². The van der Waals surface area contributed by atoms with E-state index in [4.69, 9.17) is 4.42 Å². The standard InChI is InChI=1S/C26H23N3O7S/c1-26(2)19(24(33)34)29-22(32)18(23(29)37-26)28-21(31)17(13-8-4-3-5-9-13)27-20(30)15-12-14-10-6-7-11-16(14)36-25(15)35/h3-12,17-19,23H,1-2H3,(H,27,30)(H,28,31)(H,33,34)/t17-,18-,19+,23-/m1/s1. The Kier molecular flexibility index (Phi) is 6.03. The van der Waals surface area contributed by atoms with Crippen LogP contribution in [0.15, 0.2) is 69.9 Å². The van der Waals surface area contributed by atoms with Crippen LogP contribution in [0, 0.1) is 0 Å². The number of hydrogen-bond donors (Lipinski definition) is 3. The first-order valence-electron chi connectivity index (χ1n) is 11.5. The maximum Gasteiger partial charge on any atom is 0.349 e. The summed E-state index contributed by atoms with van der Waals surface area (Å²) in [6, 6.07) is 13.3. The van der Waals surface area contributed by atoms with Crippen LogP contribution in [0.4, 0.5) is 0 Å². The molecule has 190 valence electrons. The zero-order valence-corrected chi connectivity index (χ0v) is 20.7. The number of rotatable bonds is 6. The number of benzene rings is 2. The highest BCUT2D eigenvalue weighted by atomic mass is 32.2. The summed E-state index contributed by atoms with van der Waals surface area (Å²) in [5.41, 5.74) is -0.357. The summed E-state index contributed by atoms with van der Waals surface area (Å²) in [5.74, 6) is -3.09. The Balaban J connectivity index is 1.39. The molecule has 0 unspecified atom stereocenters. The summed E-state index contributed by atoms with van der Waals surface area (Å²) in [6.45, 7) is 3.48. The molecule has 3 aromatic rings. The van der Waals surface area contributed by atoms with Crippen molar-refractivity contribution in [3.05, 3.63) is 82.2 Å². The average molecular weight is 522 g/mol. The molecule has 3 N–H and O–H groups in total. The molecule has 0 aliphatic carbocycles. The van der Waals surface area contributed by atoms with Gasteiger partial charge in [0.25, 0.3) is 5.91 Å². The van der Waals surface area contributed by atoms with Crippen LogP contribution in [0.3, 0.4) is 0 Å². The van der Waals surface area contributed by atoms with Crippen molar-refractivity contribution in [3.63, 3.8) is 0 Å². The number of carbonyl (C=O) groups excluding carboxylic acids is 3. The first-order chi connectivity index (χ1) is 17.6. The van der Waals surface area contributed by atoms with Crippen LogP contribution in [0.1, 0.15) is 35.8 Å². The summed E-state index contributed by atoms with van der Waals surface area (Å²) in [7, 11) is 0. The zero-order chi connectivity index (χ0) is 26.5. The molecule has 11 heteroatoms. The van der Waals surface area contributed by atoms with E-state index in [1.54, 1.807) is 68.4 Å². The number of amides is 3. The van der Waals surface area contributed by atoms with Crippen molar-refractivity contribution in [2.45, 2.75) is 42.1 Å². The van der Waals surface area contributed by atoms with Crippen LogP contribution in [-0.4, -0.2) is 55.9 Å². The SMILES string of the molecule is CC1(C)S[C@@H]2[C@H](NC(=O)[C@H](NC(=O)c3cc4ccccc4oc3=O)c3ccccc3)C(=O)N2[C@H]1C(=O)O. The van der Waals surface area contributed by atoms with Crippen LogP contribution < -0.4 is 16.3 Å². The molecule has 4 atom stereocenters. The molecular weight excluding hydrogens is 498 g/mol. The summed E-state index contributed by atoms with van der Waals surface area (Å²) in [4.78, 5) is 64.9. The third-order valence-electron chi connectivity index (χ3n) is 6.53. The van der Waals surface area contributed by atoms with Crippen molar-refractivity contribution < 1.29 is 28.7 Å². The van der Waals surface area contributed by atoms with E-state index in [2.05, 4.69) is 10.6 Å². The van der Waals surface area contributed by atoms with Gasteiger partial charge in [0.2, 0.25) is 11.8 Å². The number of carbonyl (C=O) groups is 4. The Morgan fingerprint density at radius 2 is 1.73 bits per heavy atom.